The highest BCUT2D eigenvalue weighted by molar-refractivity contribution is 8.00. The fraction of sp³-hybridized carbons (Fsp3) is 0.538. The minimum absolute atomic E-state index is 0.0678. The van der Waals surface area contributed by atoms with Crippen LogP contribution in [0.2, 0.25) is 0 Å². The molecule has 0 unspecified atom stereocenters. The Labute approximate surface area is 132 Å². The molecule has 0 fully saturated rings. The minimum atomic E-state index is -4.40. The monoisotopic (exact) mass is 356 g/mol. The van der Waals surface area contributed by atoms with Gasteiger partial charge in [-0.05, 0) is 48.9 Å². The Hall–Kier alpha value is -0.770. The fourth-order valence-corrected chi connectivity index (χ4v) is 3.32. The molecule has 0 heterocycles. The van der Waals surface area contributed by atoms with Gasteiger partial charge in [-0.25, -0.2) is 13.1 Å². The number of alkyl halides is 3. The summed E-state index contributed by atoms with van der Waals surface area (Å²) in [6.45, 7) is 3.79. The summed E-state index contributed by atoms with van der Waals surface area (Å²) < 4.78 is 63.3. The van der Waals surface area contributed by atoms with Gasteiger partial charge in [0.15, 0.2) is 0 Å². The first-order valence-corrected chi connectivity index (χ1v) is 8.95. The summed E-state index contributed by atoms with van der Waals surface area (Å²) in [5.74, 6) is 0. The summed E-state index contributed by atoms with van der Waals surface area (Å²) >= 11 is -0.290. The normalized spacial score (nSPS) is 13.4. The van der Waals surface area contributed by atoms with Gasteiger partial charge in [0.1, 0.15) is 0 Å². The second-order valence-electron chi connectivity index (χ2n) is 4.91. The van der Waals surface area contributed by atoms with Crippen molar-refractivity contribution >= 4 is 21.8 Å². The lowest BCUT2D eigenvalue weighted by Gasteiger charge is -2.26. The molecule has 0 aliphatic heterocycles. The summed E-state index contributed by atoms with van der Waals surface area (Å²) in [6, 6.07) is 4.54. The van der Waals surface area contributed by atoms with Gasteiger partial charge < -0.3 is 5.73 Å². The first kappa shape index (κ1) is 19.3. The summed E-state index contributed by atoms with van der Waals surface area (Å²) in [5.41, 5.74) is 0.978. The van der Waals surface area contributed by atoms with E-state index in [1.165, 1.54) is 0 Å². The number of hydrogen-bond donors (Lipinski definition) is 2. The third-order valence-corrected chi connectivity index (χ3v) is 5.55. The first-order valence-electron chi connectivity index (χ1n) is 6.66. The molecule has 0 aromatic heterocycles. The molecule has 0 spiro atoms. The highest BCUT2D eigenvalue weighted by atomic mass is 32.2. The number of sulfonamides is 1. The molecule has 0 aliphatic carbocycles. The summed E-state index contributed by atoms with van der Waals surface area (Å²) in [4.78, 5) is -0.157. The van der Waals surface area contributed by atoms with Crippen LogP contribution in [0.5, 0.6) is 0 Å². The maximum Gasteiger partial charge on any atom is 0.446 e. The molecule has 0 bridgehead atoms. The molecule has 4 nitrogen and oxygen atoms in total. The molecular weight excluding hydrogens is 337 g/mol. The lowest BCUT2D eigenvalue weighted by Crippen LogP contribution is -2.49. The Morgan fingerprint density at radius 3 is 2.05 bits per heavy atom. The Morgan fingerprint density at radius 1 is 1.14 bits per heavy atom. The molecule has 0 atom stereocenters. The van der Waals surface area contributed by atoms with Crippen LogP contribution >= 0.6 is 11.8 Å². The van der Waals surface area contributed by atoms with E-state index in [9.17, 15) is 21.6 Å². The van der Waals surface area contributed by atoms with Crippen molar-refractivity contribution in [2.24, 2.45) is 5.73 Å². The number of nitrogens with two attached hydrogens (primary N) is 1. The van der Waals surface area contributed by atoms with Gasteiger partial charge >= 0.3 is 5.51 Å². The van der Waals surface area contributed by atoms with Crippen molar-refractivity contribution in [3.8, 4) is 0 Å². The zero-order valence-electron chi connectivity index (χ0n) is 12.3. The first-order chi connectivity index (χ1) is 10.0. The van der Waals surface area contributed by atoms with E-state index in [1.54, 1.807) is 0 Å². The van der Waals surface area contributed by atoms with Gasteiger partial charge in [0, 0.05) is 17.0 Å². The smallest absolute Gasteiger partial charge is 0.324 e. The predicted octanol–water partition coefficient (Wildman–Crippen LogP) is 3.09. The highest BCUT2D eigenvalue weighted by Gasteiger charge is 2.29. The molecule has 1 aromatic rings. The molecule has 126 valence electrons. The molecule has 22 heavy (non-hydrogen) atoms. The van der Waals surface area contributed by atoms with Crippen LogP contribution in [0.1, 0.15) is 26.7 Å². The lowest BCUT2D eigenvalue weighted by atomic mass is 9.95. The van der Waals surface area contributed by atoms with Crippen molar-refractivity contribution in [1.82, 2.24) is 4.72 Å². The van der Waals surface area contributed by atoms with Crippen LogP contribution in [0.25, 0.3) is 0 Å². The molecule has 3 N–H and O–H groups in total. The van der Waals surface area contributed by atoms with E-state index in [1.807, 2.05) is 13.8 Å². The van der Waals surface area contributed by atoms with Crippen molar-refractivity contribution in [1.29, 1.82) is 0 Å². The van der Waals surface area contributed by atoms with Gasteiger partial charge in [0.05, 0.1) is 4.90 Å². The van der Waals surface area contributed by atoms with Crippen LogP contribution in [0.4, 0.5) is 13.2 Å². The molecular formula is C13H19F3N2O2S2. The predicted molar refractivity (Wildman–Crippen MR) is 81.0 cm³/mol. The van der Waals surface area contributed by atoms with Gasteiger partial charge in [-0.15, -0.1) is 0 Å². The maximum absolute atomic E-state index is 12.2. The van der Waals surface area contributed by atoms with Crippen molar-refractivity contribution in [2.75, 3.05) is 6.54 Å². The average Bonchev–Trinajstić information content (AvgIpc) is 2.44. The number of halogens is 3. The van der Waals surface area contributed by atoms with E-state index < -0.39 is 21.1 Å². The third kappa shape index (κ3) is 5.79. The summed E-state index contributed by atoms with van der Waals surface area (Å²) in [7, 11) is -3.79. The lowest BCUT2D eigenvalue weighted by molar-refractivity contribution is -0.0328. The van der Waals surface area contributed by atoms with Gasteiger partial charge in [-0.2, -0.15) is 13.2 Å². The van der Waals surface area contributed by atoms with E-state index in [0.29, 0.717) is 12.8 Å². The Morgan fingerprint density at radius 2 is 1.64 bits per heavy atom. The maximum atomic E-state index is 12.2. The van der Waals surface area contributed by atoms with Crippen LogP contribution in [-0.4, -0.2) is 26.0 Å². The van der Waals surface area contributed by atoms with E-state index in [0.717, 1.165) is 24.3 Å². The number of benzene rings is 1. The molecule has 0 radical (unpaired) electrons. The number of thioether (sulfide) groups is 1. The number of rotatable bonds is 7. The van der Waals surface area contributed by atoms with Crippen LogP contribution in [0.3, 0.4) is 0 Å². The summed E-state index contributed by atoms with van der Waals surface area (Å²) in [6.07, 6.45) is 1.21. The Bertz CT molecular complexity index is 582. The Kier molecular flexibility index (Phi) is 6.31. The van der Waals surface area contributed by atoms with Crippen molar-refractivity contribution in [3.05, 3.63) is 24.3 Å². The second kappa shape index (κ2) is 7.20. The topological polar surface area (TPSA) is 72.2 Å². The summed E-state index contributed by atoms with van der Waals surface area (Å²) in [5, 5.41) is 0. The molecule has 9 heteroatoms. The SMILES string of the molecule is CCC(N)(CC)CNS(=O)(=O)c1ccc(SC(F)(F)F)cc1. The van der Waals surface area contributed by atoms with E-state index in [2.05, 4.69) is 4.72 Å². The molecule has 0 saturated heterocycles. The second-order valence-corrected chi connectivity index (χ2v) is 7.82. The van der Waals surface area contributed by atoms with Crippen molar-refractivity contribution in [3.63, 3.8) is 0 Å². The van der Waals surface area contributed by atoms with Crippen LogP contribution in [0.15, 0.2) is 34.1 Å². The van der Waals surface area contributed by atoms with Gasteiger partial charge in [0.2, 0.25) is 10.0 Å². The fourth-order valence-electron chi connectivity index (χ4n) is 1.64. The molecule has 0 saturated carbocycles. The zero-order valence-corrected chi connectivity index (χ0v) is 13.9. The van der Waals surface area contributed by atoms with Crippen molar-refractivity contribution < 1.29 is 21.6 Å². The third-order valence-electron chi connectivity index (χ3n) is 3.39. The van der Waals surface area contributed by atoms with Gasteiger partial charge in [0.25, 0.3) is 0 Å². The molecule has 0 amide bonds. The molecule has 1 aromatic carbocycles. The van der Waals surface area contributed by atoms with Crippen LogP contribution in [-0.2, 0) is 10.0 Å². The van der Waals surface area contributed by atoms with Gasteiger partial charge in [-0.1, -0.05) is 13.8 Å². The van der Waals surface area contributed by atoms with Crippen LogP contribution in [0, 0.1) is 0 Å². The number of hydrogen-bond acceptors (Lipinski definition) is 4. The molecule has 1 rings (SSSR count). The van der Waals surface area contributed by atoms with E-state index >= 15 is 0 Å². The van der Waals surface area contributed by atoms with Crippen LogP contribution < -0.4 is 10.5 Å². The standard InChI is InChI=1S/C13H19F3N2O2S2/c1-3-12(17,4-2)9-18-22(19,20)11-7-5-10(6-8-11)21-13(14,15)16/h5-8,18H,3-4,9,17H2,1-2H3. The quantitative estimate of drug-likeness (QED) is 0.737. The highest BCUT2D eigenvalue weighted by Crippen LogP contribution is 2.36. The van der Waals surface area contributed by atoms with E-state index in [-0.39, 0.29) is 28.1 Å². The van der Waals surface area contributed by atoms with E-state index in [4.69, 9.17) is 5.73 Å². The Balaban J connectivity index is 2.82. The number of nitrogens with one attached hydrogen (secondary N) is 1. The van der Waals surface area contributed by atoms with Crippen molar-refractivity contribution in [2.45, 2.75) is 47.5 Å². The minimum Gasteiger partial charge on any atom is -0.324 e. The molecule has 0 aliphatic rings. The largest absolute Gasteiger partial charge is 0.446 e. The van der Waals surface area contributed by atoms with Gasteiger partial charge in [-0.3, -0.25) is 0 Å². The zero-order chi connectivity index (χ0) is 17.0. The average molecular weight is 356 g/mol.